The van der Waals surface area contributed by atoms with Crippen molar-refractivity contribution in [2.24, 2.45) is 0 Å². The molecule has 1 heterocycles. The lowest BCUT2D eigenvalue weighted by atomic mass is 10.2. The molecular formula is C19H15FN2O9PS3-. The summed E-state index contributed by atoms with van der Waals surface area (Å²) in [6.45, 7) is 0. The Labute approximate surface area is 203 Å². The van der Waals surface area contributed by atoms with E-state index in [1.165, 1.54) is 6.07 Å². The Morgan fingerprint density at radius 1 is 1.09 bits per heavy atom. The van der Waals surface area contributed by atoms with Crippen LogP contribution in [0.5, 0.6) is 17.2 Å². The first-order chi connectivity index (χ1) is 16.2. The van der Waals surface area contributed by atoms with Gasteiger partial charge in [-0.15, -0.1) is 11.3 Å². The number of halogens is 1. The third-order valence-corrected chi connectivity index (χ3v) is 10.4. The van der Waals surface area contributed by atoms with Gasteiger partial charge in [0.2, 0.25) is 0 Å². The number of benzene rings is 2. The summed E-state index contributed by atoms with van der Waals surface area (Å²) in [7, 11) is -13.3. The van der Waals surface area contributed by atoms with Crippen molar-refractivity contribution in [1.29, 1.82) is 5.26 Å². The minimum Gasteiger partial charge on any atom is -0.768 e. The Balaban J connectivity index is 1.69. The fourth-order valence-electron chi connectivity index (χ4n) is 2.62. The number of hydrogen-bond acceptors (Lipinski definition) is 11. The van der Waals surface area contributed by atoms with Crippen LogP contribution in [-0.4, -0.2) is 33.3 Å². The molecule has 186 valence electrons. The highest BCUT2D eigenvalue weighted by Gasteiger charge is 2.23. The molecule has 3 rings (SSSR count). The number of hydrogen-bond donors (Lipinski definition) is 3. The van der Waals surface area contributed by atoms with Gasteiger partial charge in [-0.25, -0.2) is 25.9 Å². The van der Waals surface area contributed by atoms with Crippen molar-refractivity contribution in [3.05, 3.63) is 64.8 Å². The van der Waals surface area contributed by atoms with Gasteiger partial charge in [-0.1, -0.05) is 0 Å². The molecule has 0 fully saturated rings. The van der Waals surface area contributed by atoms with E-state index in [4.69, 9.17) is 5.26 Å². The van der Waals surface area contributed by atoms with Crippen molar-refractivity contribution in [3.8, 4) is 23.3 Å². The average Bonchev–Trinajstić information content (AvgIpc) is 3.23. The molecule has 0 radical (unpaired) electrons. The highest BCUT2D eigenvalue weighted by molar-refractivity contribution is 7.92. The maximum Gasteiger partial charge on any atom is 0.250 e. The van der Waals surface area contributed by atoms with E-state index in [0.29, 0.717) is 17.4 Å². The Kier molecular flexibility index (Phi) is 7.56. The van der Waals surface area contributed by atoms with Gasteiger partial charge in [0, 0.05) is 17.0 Å². The molecule has 0 aliphatic heterocycles. The normalized spacial score (nSPS) is 13.6. The van der Waals surface area contributed by atoms with Crippen LogP contribution in [-0.2, 0) is 30.2 Å². The quantitative estimate of drug-likeness (QED) is 0.257. The second-order valence-corrected chi connectivity index (χ2v) is 13.8. The number of nitrogens with one attached hydrogen (secondary N) is 1. The molecule has 35 heavy (non-hydrogen) atoms. The molecule has 0 saturated carbocycles. The molecule has 3 N–H and O–H groups in total. The second kappa shape index (κ2) is 9.94. The number of rotatable bonds is 9. The third kappa shape index (κ3) is 6.57. The van der Waals surface area contributed by atoms with Gasteiger partial charge in [0.15, 0.2) is 28.9 Å². The fraction of sp³-hybridized carbons (Fsp3) is 0.105. The van der Waals surface area contributed by atoms with Gasteiger partial charge < -0.3 is 19.6 Å². The van der Waals surface area contributed by atoms with Crippen molar-refractivity contribution in [2.75, 3.05) is 6.29 Å². The summed E-state index contributed by atoms with van der Waals surface area (Å²) >= 11 is 0.575. The first kappa shape index (κ1) is 26.6. The van der Waals surface area contributed by atoms with E-state index in [2.05, 4.69) is 4.52 Å². The van der Waals surface area contributed by atoms with Crippen LogP contribution in [0.2, 0.25) is 0 Å². The zero-order valence-corrected chi connectivity index (χ0v) is 20.6. The van der Waals surface area contributed by atoms with E-state index in [1.807, 2.05) is 4.72 Å². The Morgan fingerprint density at radius 3 is 2.43 bits per heavy atom. The van der Waals surface area contributed by atoms with Gasteiger partial charge in [-0.3, -0.25) is 4.57 Å². The molecule has 1 unspecified atom stereocenters. The maximum atomic E-state index is 13.6. The van der Waals surface area contributed by atoms with E-state index in [1.54, 1.807) is 6.07 Å². The molecule has 1 aromatic heterocycles. The Bertz CT molecular complexity index is 1580. The zero-order valence-electron chi connectivity index (χ0n) is 17.3. The third-order valence-electron chi connectivity index (χ3n) is 4.29. The monoisotopic (exact) mass is 561 g/mol. The molecule has 0 amide bonds. The molecule has 3 aromatic rings. The van der Waals surface area contributed by atoms with Gasteiger partial charge in [0.05, 0.1) is 22.5 Å². The summed E-state index contributed by atoms with van der Waals surface area (Å²) in [5.41, 5.74) is -0.337. The maximum absolute atomic E-state index is 13.6. The minimum absolute atomic E-state index is 0.104. The summed E-state index contributed by atoms with van der Waals surface area (Å²) in [5, 5.41) is 27.5. The summed E-state index contributed by atoms with van der Waals surface area (Å²) in [4.78, 5) is 11.9. The van der Waals surface area contributed by atoms with Gasteiger partial charge in [0.1, 0.15) is 21.8 Å². The van der Waals surface area contributed by atoms with Crippen LogP contribution in [0.25, 0.3) is 0 Å². The molecule has 0 saturated heterocycles. The predicted octanol–water partition coefficient (Wildman–Crippen LogP) is 2.01. The van der Waals surface area contributed by atoms with E-state index in [-0.39, 0.29) is 19.5 Å². The molecule has 0 aliphatic carbocycles. The van der Waals surface area contributed by atoms with Crippen LogP contribution in [0.1, 0.15) is 10.4 Å². The largest absolute Gasteiger partial charge is 0.768 e. The van der Waals surface area contributed by atoms with Crippen LogP contribution in [0.3, 0.4) is 0 Å². The Morgan fingerprint density at radius 2 is 1.80 bits per heavy atom. The lowest BCUT2D eigenvalue weighted by molar-refractivity contribution is -0.191. The standard InChI is InChI=1S/C19H16FN2O9PS3/c20-16-7-13(2-1-12(16)9-21)31-32(25,26)11-22-35(29,30)19-6-3-14(33-19)10-34(27,28)15-4-5-17(23)18(24)8-15/h1-8,22-24H,10-11H2,(H,25,26)/p-1. The van der Waals surface area contributed by atoms with Crippen molar-refractivity contribution < 1.29 is 45.4 Å². The highest BCUT2D eigenvalue weighted by Crippen LogP contribution is 2.38. The summed E-state index contributed by atoms with van der Waals surface area (Å²) < 4.78 is 81.9. The van der Waals surface area contributed by atoms with Gasteiger partial charge >= 0.3 is 0 Å². The summed E-state index contributed by atoms with van der Waals surface area (Å²) in [6, 6.07) is 9.46. The summed E-state index contributed by atoms with van der Waals surface area (Å²) in [5.74, 6) is -3.25. The van der Waals surface area contributed by atoms with Crippen LogP contribution in [0.15, 0.2) is 57.6 Å². The molecule has 0 spiro atoms. The number of nitriles is 1. The average molecular weight is 562 g/mol. The van der Waals surface area contributed by atoms with Gasteiger partial charge in [-0.2, -0.15) is 5.26 Å². The topological polar surface area (TPSA) is 194 Å². The SMILES string of the molecule is N#Cc1ccc(OP(=O)([O-])CNS(=O)(=O)c2ccc(CS(=O)(=O)c3ccc(O)c(O)c3)s2)cc1F. The van der Waals surface area contributed by atoms with E-state index < -0.39 is 62.6 Å². The van der Waals surface area contributed by atoms with Crippen molar-refractivity contribution >= 4 is 38.8 Å². The number of aromatic hydroxyl groups is 2. The molecule has 0 aliphatic rings. The number of phenolic OH excluding ortho intramolecular Hbond substituents is 2. The van der Waals surface area contributed by atoms with E-state index in [9.17, 15) is 40.9 Å². The van der Waals surface area contributed by atoms with Gasteiger partial charge in [0.25, 0.3) is 10.0 Å². The lowest BCUT2D eigenvalue weighted by Gasteiger charge is -2.24. The van der Waals surface area contributed by atoms with Crippen LogP contribution in [0, 0.1) is 17.1 Å². The van der Waals surface area contributed by atoms with Crippen molar-refractivity contribution in [1.82, 2.24) is 4.72 Å². The number of sulfonamides is 1. The van der Waals surface area contributed by atoms with Crippen LogP contribution >= 0.6 is 18.9 Å². The first-order valence-corrected chi connectivity index (χ1v) is 14.9. The van der Waals surface area contributed by atoms with Crippen molar-refractivity contribution in [2.45, 2.75) is 14.9 Å². The molecule has 11 nitrogen and oxygen atoms in total. The van der Waals surface area contributed by atoms with E-state index >= 15 is 0 Å². The number of sulfone groups is 1. The number of thiophene rings is 1. The van der Waals surface area contributed by atoms with Crippen molar-refractivity contribution in [3.63, 3.8) is 0 Å². The van der Waals surface area contributed by atoms with E-state index in [0.717, 1.165) is 36.4 Å². The smallest absolute Gasteiger partial charge is 0.250 e. The molecule has 0 bridgehead atoms. The fourth-order valence-corrected chi connectivity index (χ4v) is 8.19. The number of phenols is 2. The second-order valence-electron chi connectivity index (χ2n) is 6.89. The molecule has 16 heteroatoms. The highest BCUT2D eigenvalue weighted by atomic mass is 32.2. The van der Waals surface area contributed by atoms with Crippen LogP contribution in [0.4, 0.5) is 4.39 Å². The molecule has 2 aromatic carbocycles. The van der Waals surface area contributed by atoms with Gasteiger partial charge in [-0.05, 0) is 36.4 Å². The Hall–Kier alpha value is -2.99. The number of nitrogens with zero attached hydrogens (tertiary/aromatic N) is 1. The lowest BCUT2D eigenvalue weighted by Crippen LogP contribution is -2.28. The minimum atomic E-state index is -4.88. The molecule has 1 atom stereocenters. The predicted molar refractivity (Wildman–Crippen MR) is 120 cm³/mol. The van der Waals surface area contributed by atoms with Crippen LogP contribution < -0.4 is 14.1 Å². The zero-order chi connectivity index (χ0) is 26.0. The first-order valence-electron chi connectivity index (χ1n) is 9.25. The molecular weight excluding hydrogens is 546 g/mol. The summed E-state index contributed by atoms with van der Waals surface area (Å²) in [6.07, 6.45) is -1.19.